The van der Waals surface area contributed by atoms with Gasteiger partial charge in [0.15, 0.2) is 0 Å². The molecule has 5 aliphatic rings. The molecule has 4 saturated carbocycles. The second-order valence-electron chi connectivity index (χ2n) is 9.17. The number of anilines is 2. The van der Waals surface area contributed by atoms with Gasteiger partial charge in [-0.1, -0.05) is 0 Å². The first kappa shape index (κ1) is 15.9. The maximum absolute atomic E-state index is 4.60. The van der Waals surface area contributed by atoms with Gasteiger partial charge in [-0.2, -0.15) is 0 Å². The van der Waals surface area contributed by atoms with Gasteiger partial charge >= 0.3 is 0 Å². The SMILES string of the molecule is CN1CCN(c2ccnc(NCC3C4CC5CC(C4)CC3C5)c2)CC1. The highest BCUT2D eigenvalue weighted by Gasteiger charge is 2.47. The molecule has 0 spiro atoms. The fraction of sp³-hybridized carbons (Fsp3) is 0.762. The van der Waals surface area contributed by atoms with Crippen molar-refractivity contribution in [2.45, 2.75) is 32.1 Å². The second-order valence-corrected chi connectivity index (χ2v) is 9.17. The van der Waals surface area contributed by atoms with Gasteiger partial charge in [-0.3, -0.25) is 0 Å². The number of rotatable bonds is 4. The summed E-state index contributed by atoms with van der Waals surface area (Å²) >= 11 is 0. The summed E-state index contributed by atoms with van der Waals surface area (Å²) < 4.78 is 0. The Labute approximate surface area is 152 Å². The van der Waals surface area contributed by atoms with Crippen molar-refractivity contribution in [3.8, 4) is 0 Å². The minimum Gasteiger partial charge on any atom is -0.370 e. The van der Waals surface area contributed by atoms with Gasteiger partial charge in [-0.25, -0.2) is 4.98 Å². The molecule has 4 aliphatic carbocycles. The highest BCUT2D eigenvalue weighted by atomic mass is 15.2. The summed E-state index contributed by atoms with van der Waals surface area (Å²) in [6.45, 7) is 5.68. The van der Waals surface area contributed by atoms with Crippen LogP contribution in [0.3, 0.4) is 0 Å². The highest BCUT2D eigenvalue weighted by Crippen LogP contribution is 2.56. The van der Waals surface area contributed by atoms with E-state index in [1.54, 1.807) is 6.42 Å². The van der Waals surface area contributed by atoms with Gasteiger partial charge in [0.2, 0.25) is 0 Å². The van der Waals surface area contributed by atoms with Crippen molar-refractivity contribution in [3.63, 3.8) is 0 Å². The van der Waals surface area contributed by atoms with Crippen molar-refractivity contribution in [2.75, 3.05) is 50.0 Å². The van der Waals surface area contributed by atoms with Gasteiger partial charge in [-0.05, 0) is 74.8 Å². The highest BCUT2D eigenvalue weighted by molar-refractivity contribution is 5.54. The second kappa shape index (κ2) is 6.46. The molecule has 5 fully saturated rings. The number of likely N-dealkylation sites (N-methyl/N-ethyl adjacent to an activating group) is 1. The number of hydrogen-bond donors (Lipinski definition) is 1. The molecule has 1 N–H and O–H groups in total. The Morgan fingerprint density at radius 3 is 2.36 bits per heavy atom. The van der Waals surface area contributed by atoms with Crippen molar-refractivity contribution >= 4 is 11.5 Å². The van der Waals surface area contributed by atoms with Crippen LogP contribution < -0.4 is 10.2 Å². The zero-order chi connectivity index (χ0) is 16.8. The molecule has 25 heavy (non-hydrogen) atoms. The molecule has 4 heteroatoms. The van der Waals surface area contributed by atoms with Gasteiger partial charge in [0.25, 0.3) is 0 Å². The number of nitrogens with one attached hydrogen (secondary N) is 1. The minimum absolute atomic E-state index is 0.891. The number of pyridine rings is 1. The van der Waals surface area contributed by atoms with Crippen LogP contribution in [0.5, 0.6) is 0 Å². The first-order chi connectivity index (χ1) is 12.2. The van der Waals surface area contributed by atoms with E-state index in [0.717, 1.165) is 68.1 Å². The monoisotopic (exact) mass is 340 g/mol. The predicted molar refractivity (Wildman–Crippen MR) is 103 cm³/mol. The Kier molecular flexibility index (Phi) is 4.11. The third-order valence-electron chi connectivity index (χ3n) is 7.55. The third-order valence-corrected chi connectivity index (χ3v) is 7.55. The maximum Gasteiger partial charge on any atom is 0.127 e. The minimum atomic E-state index is 0.891. The molecular formula is C21H32N4. The standard InChI is InChI=1S/C21H32N4/c1-24-4-6-25(7-5-24)19-2-3-22-21(13-19)23-14-20-17-9-15-8-16(11-17)12-18(20)10-15/h2-3,13,15-18,20H,4-12,14H2,1H3,(H,22,23). The van der Waals surface area contributed by atoms with E-state index in [1.807, 2.05) is 6.20 Å². The Morgan fingerprint density at radius 1 is 1.00 bits per heavy atom. The van der Waals surface area contributed by atoms with E-state index in [9.17, 15) is 0 Å². The lowest BCUT2D eigenvalue weighted by atomic mass is 9.52. The van der Waals surface area contributed by atoms with Gasteiger partial charge < -0.3 is 15.1 Å². The molecule has 1 aromatic rings. The summed E-state index contributed by atoms with van der Waals surface area (Å²) in [5.74, 6) is 6.08. The van der Waals surface area contributed by atoms with E-state index >= 15 is 0 Å². The molecule has 136 valence electrons. The topological polar surface area (TPSA) is 31.4 Å². The van der Waals surface area contributed by atoms with E-state index in [0.29, 0.717) is 0 Å². The average molecular weight is 341 g/mol. The van der Waals surface area contributed by atoms with Crippen LogP contribution in [0.4, 0.5) is 11.5 Å². The molecule has 1 aromatic heterocycles. The van der Waals surface area contributed by atoms with E-state index in [2.05, 4.69) is 39.3 Å². The summed E-state index contributed by atoms with van der Waals surface area (Å²) in [4.78, 5) is 9.50. The zero-order valence-electron chi connectivity index (χ0n) is 15.5. The van der Waals surface area contributed by atoms with Gasteiger partial charge in [-0.15, -0.1) is 0 Å². The molecule has 0 amide bonds. The zero-order valence-corrected chi connectivity index (χ0v) is 15.5. The van der Waals surface area contributed by atoms with E-state index in [1.165, 1.54) is 31.4 Å². The largest absolute Gasteiger partial charge is 0.370 e. The molecule has 2 heterocycles. The lowest BCUT2D eigenvalue weighted by Crippen LogP contribution is -2.47. The fourth-order valence-electron chi connectivity index (χ4n) is 6.37. The Hall–Kier alpha value is -1.29. The van der Waals surface area contributed by atoms with E-state index < -0.39 is 0 Å². The summed E-state index contributed by atoms with van der Waals surface area (Å²) in [5.41, 5.74) is 1.33. The first-order valence-electron chi connectivity index (χ1n) is 10.4. The van der Waals surface area contributed by atoms with Gasteiger partial charge in [0.1, 0.15) is 5.82 Å². The fourth-order valence-corrected chi connectivity index (χ4v) is 6.37. The van der Waals surface area contributed by atoms with Crippen LogP contribution in [0.25, 0.3) is 0 Å². The normalized spacial score (nSPS) is 37.5. The molecule has 0 unspecified atom stereocenters. The molecule has 4 nitrogen and oxygen atoms in total. The van der Waals surface area contributed by atoms with Crippen molar-refractivity contribution in [1.82, 2.24) is 9.88 Å². The van der Waals surface area contributed by atoms with Crippen LogP contribution in [0.2, 0.25) is 0 Å². The third kappa shape index (κ3) is 3.14. The maximum atomic E-state index is 4.60. The summed E-state index contributed by atoms with van der Waals surface area (Å²) in [7, 11) is 2.21. The molecule has 0 aromatic carbocycles. The molecular weight excluding hydrogens is 308 g/mol. The molecule has 0 atom stereocenters. The quantitative estimate of drug-likeness (QED) is 0.911. The Morgan fingerprint density at radius 2 is 1.68 bits per heavy atom. The summed E-state index contributed by atoms with van der Waals surface area (Å²) in [6.07, 6.45) is 9.55. The molecule has 6 rings (SSSR count). The van der Waals surface area contributed by atoms with Crippen molar-refractivity contribution in [2.24, 2.45) is 29.6 Å². The van der Waals surface area contributed by atoms with Crippen LogP contribution in [0, 0.1) is 29.6 Å². The Bertz CT molecular complexity index is 580. The summed E-state index contributed by atoms with van der Waals surface area (Å²) in [6, 6.07) is 4.43. The van der Waals surface area contributed by atoms with Crippen molar-refractivity contribution < 1.29 is 0 Å². The number of nitrogens with zero attached hydrogens (tertiary/aromatic N) is 3. The molecule has 1 aliphatic heterocycles. The van der Waals surface area contributed by atoms with Crippen molar-refractivity contribution in [1.29, 1.82) is 0 Å². The van der Waals surface area contributed by atoms with Crippen LogP contribution in [0.15, 0.2) is 18.3 Å². The molecule has 4 bridgehead atoms. The lowest BCUT2D eigenvalue weighted by Gasteiger charge is -2.54. The first-order valence-corrected chi connectivity index (χ1v) is 10.4. The summed E-state index contributed by atoms with van der Waals surface area (Å²) in [5, 5.41) is 3.71. The van der Waals surface area contributed by atoms with Crippen LogP contribution >= 0.6 is 0 Å². The Balaban J connectivity index is 1.22. The van der Waals surface area contributed by atoms with E-state index in [4.69, 9.17) is 0 Å². The average Bonchev–Trinajstić information content (AvgIpc) is 2.61. The van der Waals surface area contributed by atoms with Crippen LogP contribution in [-0.2, 0) is 0 Å². The number of piperazine rings is 1. The van der Waals surface area contributed by atoms with Crippen LogP contribution in [0.1, 0.15) is 32.1 Å². The van der Waals surface area contributed by atoms with Crippen molar-refractivity contribution in [3.05, 3.63) is 18.3 Å². The predicted octanol–water partition coefficient (Wildman–Crippen LogP) is 3.32. The van der Waals surface area contributed by atoms with Gasteiger partial charge in [0.05, 0.1) is 0 Å². The van der Waals surface area contributed by atoms with Gasteiger partial charge in [0, 0.05) is 50.7 Å². The lowest BCUT2D eigenvalue weighted by molar-refractivity contribution is -0.0305. The number of hydrogen-bond acceptors (Lipinski definition) is 4. The molecule has 1 saturated heterocycles. The van der Waals surface area contributed by atoms with Crippen LogP contribution in [-0.4, -0.2) is 49.7 Å². The van der Waals surface area contributed by atoms with E-state index in [-0.39, 0.29) is 0 Å². The number of aromatic nitrogens is 1. The molecule has 0 radical (unpaired) electrons. The smallest absolute Gasteiger partial charge is 0.127 e.